The zero-order valence-corrected chi connectivity index (χ0v) is 23.2. The molecule has 40 heavy (non-hydrogen) atoms. The Morgan fingerprint density at radius 2 is 0.925 bits per heavy atom. The molecule has 2 heterocycles. The van der Waals surface area contributed by atoms with E-state index in [9.17, 15) is 0 Å². The number of benzene rings is 6. The Balaban J connectivity index is 1.21. The third kappa shape index (κ3) is 4.01. The molecule has 0 fully saturated rings. The molecule has 2 aromatic heterocycles. The van der Waals surface area contributed by atoms with Crippen molar-refractivity contribution in [1.29, 1.82) is 0 Å². The smallest absolute Gasteiger partial charge is 0.0482 e. The number of nitrogens with one attached hydrogen (secondary N) is 1. The van der Waals surface area contributed by atoms with Gasteiger partial charge in [-0.25, -0.2) is 0 Å². The van der Waals surface area contributed by atoms with Crippen molar-refractivity contribution in [2.75, 3.05) is 10.2 Å². The van der Waals surface area contributed by atoms with Crippen LogP contribution in [0.4, 0.5) is 28.4 Å². The second kappa shape index (κ2) is 9.53. The van der Waals surface area contributed by atoms with Gasteiger partial charge in [0.25, 0.3) is 0 Å². The monoisotopic (exact) mass is 548 g/mol. The Kier molecular flexibility index (Phi) is 5.54. The molecule has 0 saturated heterocycles. The van der Waals surface area contributed by atoms with Crippen LogP contribution in [0.25, 0.3) is 40.3 Å². The zero-order chi connectivity index (χ0) is 26.5. The predicted octanol–water partition coefficient (Wildman–Crippen LogP) is 11.6. The number of para-hydroxylation sites is 1. The average molecular weight is 549 g/mol. The average Bonchev–Trinajstić information content (AvgIpc) is 3.56. The molecule has 0 aliphatic rings. The first-order chi connectivity index (χ1) is 19.8. The van der Waals surface area contributed by atoms with Crippen LogP contribution in [0.2, 0.25) is 0 Å². The largest absolute Gasteiger partial charge is 0.355 e. The van der Waals surface area contributed by atoms with Crippen molar-refractivity contribution in [3.63, 3.8) is 0 Å². The number of hydrogen-bond acceptors (Lipinski definition) is 4. The van der Waals surface area contributed by atoms with Gasteiger partial charge in [0.15, 0.2) is 0 Å². The lowest BCUT2D eigenvalue weighted by Crippen LogP contribution is -2.10. The van der Waals surface area contributed by atoms with Crippen LogP contribution in [0.3, 0.4) is 0 Å². The molecule has 0 aliphatic carbocycles. The van der Waals surface area contributed by atoms with Crippen molar-refractivity contribution in [2.24, 2.45) is 0 Å². The number of anilines is 5. The first-order valence-electron chi connectivity index (χ1n) is 13.4. The highest BCUT2D eigenvalue weighted by molar-refractivity contribution is 7.26. The summed E-state index contributed by atoms with van der Waals surface area (Å²) in [7, 11) is 0. The first kappa shape index (κ1) is 23.3. The third-order valence-electron chi connectivity index (χ3n) is 7.40. The second-order valence-electron chi connectivity index (χ2n) is 9.93. The summed E-state index contributed by atoms with van der Waals surface area (Å²) in [6, 6.07) is 50.1. The molecule has 0 radical (unpaired) electrons. The van der Waals surface area contributed by atoms with E-state index in [0.29, 0.717) is 0 Å². The Hall–Kier alpha value is -4.64. The molecular weight excluding hydrogens is 525 g/mol. The van der Waals surface area contributed by atoms with E-state index in [-0.39, 0.29) is 0 Å². The minimum Gasteiger partial charge on any atom is -0.355 e. The van der Waals surface area contributed by atoms with E-state index in [1.165, 1.54) is 40.3 Å². The maximum atomic E-state index is 3.68. The van der Waals surface area contributed by atoms with E-state index < -0.39 is 0 Å². The molecule has 8 rings (SSSR count). The normalized spacial score (nSPS) is 11.5. The number of fused-ring (bicyclic) bond motifs is 6. The van der Waals surface area contributed by atoms with Crippen molar-refractivity contribution in [3.05, 3.63) is 140 Å². The molecule has 190 valence electrons. The highest BCUT2D eigenvalue weighted by Gasteiger charge is 2.15. The molecule has 0 bridgehead atoms. The lowest BCUT2D eigenvalue weighted by Gasteiger charge is -2.26. The van der Waals surface area contributed by atoms with E-state index in [1.54, 1.807) is 0 Å². The summed E-state index contributed by atoms with van der Waals surface area (Å²) in [4.78, 5) is 2.34. The van der Waals surface area contributed by atoms with Gasteiger partial charge in [-0.2, -0.15) is 0 Å². The first-order valence-corrected chi connectivity index (χ1v) is 15.0. The number of nitrogens with zero attached hydrogens (tertiary/aromatic N) is 1. The van der Waals surface area contributed by atoms with E-state index >= 15 is 0 Å². The van der Waals surface area contributed by atoms with Crippen molar-refractivity contribution in [1.82, 2.24) is 0 Å². The fourth-order valence-electron chi connectivity index (χ4n) is 5.57. The minimum atomic E-state index is 1.05. The minimum absolute atomic E-state index is 1.05. The molecule has 0 amide bonds. The van der Waals surface area contributed by atoms with E-state index in [0.717, 1.165) is 28.4 Å². The number of rotatable bonds is 5. The quantitative estimate of drug-likeness (QED) is 0.230. The van der Waals surface area contributed by atoms with Crippen LogP contribution >= 0.6 is 22.7 Å². The fraction of sp³-hybridized carbons (Fsp3) is 0. The van der Waals surface area contributed by atoms with E-state index in [2.05, 4.69) is 150 Å². The predicted molar refractivity (Wildman–Crippen MR) is 177 cm³/mol. The van der Waals surface area contributed by atoms with Crippen LogP contribution in [0.5, 0.6) is 0 Å². The highest BCUT2D eigenvalue weighted by atomic mass is 32.1. The van der Waals surface area contributed by atoms with Gasteiger partial charge >= 0.3 is 0 Å². The maximum Gasteiger partial charge on any atom is 0.0482 e. The van der Waals surface area contributed by atoms with E-state index in [1.807, 2.05) is 22.7 Å². The van der Waals surface area contributed by atoms with Gasteiger partial charge in [-0.15, -0.1) is 22.7 Å². The third-order valence-corrected chi connectivity index (χ3v) is 9.71. The van der Waals surface area contributed by atoms with Gasteiger partial charge < -0.3 is 10.2 Å². The molecular formula is C36H24N2S2. The lowest BCUT2D eigenvalue weighted by molar-refractivity contribution is 1.29. The van der Waals surface area contributed by atoms with Crippen LogP contribution in [-0.4, -0.2) is 0 Å². The van der Waals surface area contributed by atoms with Gasteiger partial charge in [0.05, 0.1) is 0 Å². The molecule has 1 N–H and O–H groups in total. The fourth-order valence-corrected chi connectivity index (χ4v) is 7.74. The zero-order valence-electron chi connectivity index (χ0n) is 21.5. The standard InChI is InChI=1S/C36H24N2S2/c1-2-10-26(11-3-1)38(28-18-20-36-32(23-28)30-14-5-7-16-34(30)40-36)27-12-8-9-24(21-27)37-25-17-19-35-31(22-25)29-13-4-6-15-33(29)39-35/h1-23,37H. The summed E-state index contributed by atoms with van der Waals surface area (Å²) in [6.07, 6.45) is 0. The Bertz CT molecular complexity index is 2160. The molecule has 0 atom stereocenters. The van der Waals surface area contributed by atoms with Gasteiger partial charge in [-0.05, 0) is 78.9 Å². The van der Waals surface area contributed by atoms with Crippen molar-refractivity contribution in [3.8, 4) is 0 Å². The van der Waals surface area contributed by atoms with Gasteiger partial charge in [0, 0.05) is 68.8 Å². The SMILES string of the molecule is c1ccc(N(c2cccc(Nc3ccc4sc5ccccc5c4c3)c2)c2ccc3sc4ccccc4c3c2)cc1. The Morgan fingerprint density at radius 3 is 1.68 bits per heavy atom. The molecule has 4 heteroatoms. The molecule has 0 aliphatic heterocycles. The summed E-state index contributed by atoms with van der Waals surface area (Å²) in [5.74, 6) is 0. The molecule has 0 saturated carbocycles. The molecule has 8 aromatic rings. The highest BCUT2D eigenvalue weighted by Crippen LogP contribution is 2.41. The molecule has 6 aromatic carbocycles. The summed E-state index contributed by atoms with van der Waals surface area (Å²) in [5, 5.41) is 8.89. The van der Waals surface area contributed by atoms with Crippen LogP contribution in [0.15, 0.2) is 140 Å². The Morgan fingerprint density at radius 1 is 0.375 bits per heavy atom. The topological polar surface area (TPSA) is 15.3 Å². The summed E-state index contributed by atoms with van der Waals surface area (Å²) in [5.41, 5.74) is 5.53. The van der Waals surface area contributed by atoms with Crippen molar-refractivity contribution >= 4 is 91.5 Å². The van der Waals surface area contributed by atoms with Crippen LogP contribution < -0.4 is 10.2 Å². The van der Waals surface area contributed by atoms with Gasteiger partial charge in [-0.1, -0.05) is 60.7 Å². The van der Waals surface area contributed by atoms with Gasteiger partial charge in [0.2, 0.25) is 0 Å². The molecule has 2 nitrogen and oxygen atoms in total. The van der Waals surface area contributed by atoms with Gasteiger partial charge in [0.1, 0.15) is 0 Å². The lowest BCUT2D eigenvalue weighted by atomic mass is 10.1. The van der Waals surface area contributed by atoms with Crippen molar-refractivity contribution in [2.45, 2.75) is 0 Å². The number of thiophene rings is 2. The second-order valence-corrected chi connectivity index (χ2v) is 12.1. The summed E-state index contributed by atoms with van der Waals surface area (Å²) >= 11 is 3.70. The van der Waals surface area contributed by atoms with Crippen LogP contribution in [-0.2, 0) is 0 Å². The molecule has 0 spiro atoms. The van der Waals surface area contributed by atoms with Gasteiger partial charge in [-0.3, -0.25) is 0 Å². The maximum absolute atomic E-state index is 3.68. The van der Waals surface area contributed by atoms with Crippen LogP contribution in [0, 0.1) is 0 Å². The number of hydrogen-bond donors (Lipinski definition) is 1. The van der Waals surface area contributed by atoms with E-state index in [4.69, 9.17) is 0 Å². The van der Waals surface area contributed by atoms with Crippen molar-refractivity contribution < 1.29 is 0 Å². The Labute approximate surface area is 240 Å². The van der Waals surface area contributed by atoms with Crippen LogP contribution in [0.1, 0.15) is 0 Å². The molecule has 0 unspecified atom stereocenters. The summed E-state index contributed by atoms with van der Waals surface area (Å²) in [6.45, 7) is 0. The summed E-state index contributed by atoms with van der Waals surface area (Å²) < 4.78 is 5.27.